The van der Waals surface area contributed by atoms with Crippen LogP contribution in [0.1, 0.15) is 44.9 Å². The number of H-pyrrole nitrogens is 1. The van der Waals surface area contributed by atoms with Gasteiger partial charge in [-0.15, -0.1) is 0 Å². The summed E-state index contributed by atoms with van der Waals surface area (Å²) in [5.74, 6) is 1.73. The van der Waals surface area contributed by atoms with Gasteiger partial charge in [0.15, 0.2) is 16.5 Å². The summed E-state index contributed by atoms with van der Waals surface area (Å²) in [7, 11) is 0. The Kier molecular flexibility index (Phi) is 5.97. The van der Waals surface area contributed by atoms with Crippen molar-refractivity contribution in [1.82, 2.24) is 29.9 Å². The number of aromatic amines is 1. The Labute approximate surface area is 186 Å². The number of nitrogens with two attached hydrogens (primary N) is 1. The summed E-state index contributed by atoms with van der Waals surface area (Å²) in [6.45, 7) is 8.88. The Hall–Kier alpha value is -2.91. The molecule has 162 valence electrons. The van der Waals surface area contributed by atoms with Gasteiger partial charge in [0.1, 0.15) is 5.52 Å². The smallest absolute Gasteiger partial charge is 0.190 e. The van der Waals surface area contributed by atoms with Gasteiger partial charge in [0.25, 0.3) is 0 Å². The number of fused-ring (bicyclic) bond motifs is 1. The molecular weight excluding hydrogens is 408 g/mol. The Balaban J connectivity index is 1.58. The minimum Gasteiger partial charge on any atom is -0.364 e. The molecule has 4 rings (SSSR count). The minimum absolute atomic E-state index is 0.284. The standard InChI is InChI=1S/C22H28N8S/c1-14(2)17-18-19(29-28-17)20(27-21(26-18)31-13-22(3,4)23)24-12-15-6-8-16(9-7-15)30-11-5-10-25-30/h5-11,14H,12-13,23H2,1-4H3,(H,28,29)(H,24,26,27). The molecule has 0 aliphatic heterocycles. The summed E-state index contributed by atoms with van der Waals surface area (Å²) in [4.78, 5) is 9.51. The second-order valence-corrected chi connectivity index (χ2v) is 9.53. The predicted molar refractivity (Wildman–Crippen MR) is 126 cm³/mol. The van der Waals surface area contributed by atoms with Crippen LogP contribution in [0.2, 0.25) is 0 Å². The highest BCUT2D eigenvalue weighted by molar-refractivity contribution is 7.99. The molecule has 0 spiro atoms. The van der Waals surface area contributed by atoms with Crippen LogP contribution < -0.4 is 11.1 Å². The van der Waals surface area contributed by atoms with E-state index in [0.717, 1.165) is 39.5 Å². The molecule has 3 aromatic heterocycles. The van der Waals surface area contributed by atoms with Gasteiger partial charge in [0.05, 0.1) is 11.4 Å². The van der Waals surface area contributed by atoms with Crippen LogP contribution >= 0.6 is 11.8 Å². The topological polar surface area (TPSA) is 110 Å². The zero-order valence-electron chi connectivity index (χ0n) is 18.3. The van der Waals surface area contributed by atoms with Crippen molar-refractivity contribution in [3.8, 4) is 5.69 Å². The van der Waals surface area contributed by atoms with E-state index in [1.807, 2.05) is 30.8 Å². The van der Waals surface area contributed by atoms with E-state index >= 15 is 0 Å². The molecule has 3 heterocycles. The summed E-state index contributed by atoms with van der Waals surface area (Å²) >= 11 is 1.56. The Morgan fingerprint density at radius 2 is 1.94 bits per heavy atom. The molecule has 0 unspecified atom stereocenters. The number of hydrogen-bond donors (Lipinski definition) is 3. The summed E-state index contributed by atoms with van der Waals surface area (Å²) in [5, 5.41) is 16.0. The van der Waals surface area contributed by atoms with E-state index in [2.05, 4.69) is 58.7 Å². The lowest BCUT2D eigenvalue weighted by molar-refractivity contribution is 0.590. The van der Waals surface area contributed by atoms with Crippen molar-refractivity contribution in [2.75, 3.05) is 11.1 Å². The van der Waals surface area contributed by atoms with Crippen LogP contribution in [0.4, 0.5) is 5.82 Å². The normalized spacial score (nSPS) is 12.1. The van der Waals surface area contributed by atoms with Gasteiger partial charge in [-0.1, -0.05) is 37.7 Å². The molecule has 4 N–H and O–H groups in total. The third kappa shape index (κ3) is 5.05. The Bertz CT molecular complexity index is 1140. The molecule has 0 bridgehead atoms. The van der Waals surface area contributed by atoms with Crippen LogP contribution in [0.5, 0.6) is 0 Å². The van der Waals surface area contributed by atoms with Crippen molar-refractivity contribution in [2.24, 2.45) is 5.73 Å². The second kappa shape index (κ2) is 8.68. The average Bonchev–Trinajstić information content (AvgIpc) is 3.40. The van der Waals surface area contributed by atoms with E-state index in [-0.39, 0.29) is 11.5 Å². The number of thioether (sulfide) groups is 1. The molecule has 9 heteroatoms. The second-order valence-electron chi connectivity index (χ2n) is 8.59. The van der Waals surface area contributed by atoms with E-state index in [0.29, 0.717) is 11.7 Å². The van der Waals surface area contributed by atoms with Gasteiger partial charge in [-0.05, 0) is 43.5 Å². The first-order valence-electron chi connectivity index (χ1n) is 10.3. The first-order chi connectivity index (χ1) is 14.8. The van der Waals surface area contributed by atoms with Crippen LogP contribution in [0, 0.1) is 0 Å². The molecule has 0 saturated heterocycles. The number of aromatic nitrogens is 6. The molecule has 1 aromatic carbocycles. The van der Waals surface area contributed by atoms with Crippen LogP contribution in [-0.2, 0) is 6.54 Å². The molecule has 0 amide bonds. The lowest BCUT2D eigenvalue weighted by atomic mass is 10.1. The number of rotatable bonds is 8. The third-order valence-electron chi connectivity index (χ3n) is 4.72. The lowest BCUT2D eigenvalue weighted by Gasteiger charge is -2.17. The zero-order chi connectivity index (χ0) is 22.0. The highest BCUT2D eigenvalue weighted by atomic mass is 32.2. The molecule has 0 atom stereocenters. The molecule has 0 aliphatic carbocycles. The first kappa shape index (κ1) is 21.3. The maximum absolute atomic E-state index is 6.16. The van der Waals surface area contributed by atoms with Crippen LogP contribution in [0.15, 0.2) is 47.9 Å². The first-order valence-corrected chi connectivity index (χ1v) is 11.3. The molecule has 8 nitrogen and oxygen atoms in total. The SMILES string of the molecule is CC(C)c1[nH]nc2c(NCc3ccc(-n4cccn4)cc3)nc(SCC(C)(C)N)nc12. The summed E-state index contributed by atoms with van der Waals surface area (Å²) in [6.07, 6.45) is 3.70. The monoisotopic (exact) mass is 436 g/mol. The number of hydrogen-bond acceptors (Lipinski definition) is 7. The quantitative estimate of drug-likeness (QED) is 0.282. The van der Waals surface area contributed by atoms with Gasteiger partial charge < -0.3 is 11.1 Å². The number of anilines is 1. The molecule has 31 heavy (non-hydrogen) atoms. The molecule has 0 aliphatic rings. The van der Waals surface area contributed by atoms with Crippen molar-refractivity contribution >= 4 is 28.6 Å². The lowest BCUT2D eigenvalue weighted by Crippen LogP contribution is -2.34. The minimum atomic E-state index is -0.301. The third-order valence-corrected chi connectivity index (χ3v) is 6.05. The fourth-order valence-corrected chi connectivity index (χ4v) is 3.92. The zero-order valence-corrected chi connectivity index (χ0v) is 19.1. The maximum atomic E-state index is 6.16. The maximum Gasteiger partial charge on any atom is 0.190 e. The predicted octanol–water partition coefficient (Wildman–Crippen LogP) is 4.10. The van der Waals surface area contributed by atoms with Crippen LogP contribution in [-0.4, -0.2) is 41.2 Å². The molecule has 0 fully saturated rings. The fraction of sp³-hybridized carbons (Fsp3) is 0.364. The summed E-state index contributed by atoms with van der Waals surface area (Å²) in [5.41, 5.74) is 10.6. The highest BCUT2D eigenvalue weighted by Crippen LogP contribution is 2.29. The summed E-state index contributed by atoms with van der Waals surface area (Å²) in [6, 6.07) is 10.2. The van der Waals surface area contributed by atoms with Crippen molar-refractivity contribution in [3.05, 3.63) is 54.0 Å². The van der Waals surface area contributed by atoms with Gasteiger partial charge >= 0.3 is 0 Å². The van der Waals surface area contributed by atoms with Crippen LogP contribution in [0.25, 0.3) is 16.7 Å². The number of nitrogens with zero attached hydrogens (tertiary/aromatic N) is 5. The highest BCUT2D eigenvalue weighted by Gasteiger charge is 2.19. The van der Waals surface area contributed by atoms with E-state index in [1.165, 1.54) is 0 Å². The number of nitrogens with one attached hydrogen (secondary N) is 2. The van der Waals surface area contributed by atoms with E-state index in [4.69, 9.17) is 15.7 Å². The van der Waals surface area contributed by atoms with Crippen LogP contribution in [0.3, 0.4) is 0 Å². The van der Waals surface area contributed by atoms with Crippen molar-refractivity contribution in [1.29, 1.82) is 0 Å². The molecule has 0 saturated carbocycles. The van der Waals surface area contributed by atoms with Gasteiger partial charge in [0.2, 0.25) is 0 Å². The molecular formula is C22H28N8S. The van der Waals surface area contributed by atoms with Crippen molar-refractivity contribution in [3.63, 3.8) is 0 Å². The van der Waals surface area contributed by atoms with Gasteiger partial charge in [-0.2, -0.15) is 10.2 Å². The Morgan fingerprint density at radius 1 is 1.16 bits per heavy atom. The van der Waals surface area contributed by atoms with E-state index in [9.17, 15) is 0 Å². The van der Waals surface area contributed by atoms with Crippen molar-refractivity contribution < 1.29 is 0 Å². The van der Waals surface area contributed by atoms with E-state index < -0.39 is 0 Å². The largest absolute Gasteiger partial charge is 0.364 e. The van der Waals surface area contributed by atoms with Gasteiger partial charge in [-0.3, -0.25) is 5.10 Å². The van der Waals surface area contributed by atoms with E-state index in [1.54, 1.807) is 18.0 Å². The fourth-order valence-electron chi connectivity index (χ4n) is 3.11. The van der Waals surface area contributed by atoms with Crippen molar-refractivity contribution in [2.45, 2.75) is 50.9 Å². The Morgan fingerprint density at radius 3 is 2.58 bits per heavy atom. The molecule has 4 aromatic rings. The molecule has 0 radical (unpaired) electrons. The average molecular weight is 437 g/mol. The van der Waals surface area contributed by atoms with Gasteiger partial charge in [0, 0.05) is 30.2 Å². The number of benzene rings is 1. The van der Waals surface area contributed by atoms with Gasteiger partial charge in [-0.25, -0.2) is 14.6 Å². The summed E-state index contributed by atoms with van der Waals surface area (Å²) < 4.78 is 1.84.